The Bertz CT molecular complexity index is 1020. The van der Waals surface area contributed by atoms with Gasteiger partial charge in [0.05, 0.1) is 12.7 Å². The zero-order valence-electron chi connectivity index (χ0n) is 21.0. The number of hydrogen-bond acceptors (Lipinski definition) is 4. The van der Waals surface area contributed by atoms with Crippen LogP contribution in [0.5, 0.6) is 5.75 Å². The highest BCUT2D eigenvalue weighted by molar-refractivity contribution is 5.89. The van der Waals surface area contributed by atoms with Crippen molar-refractivity contribution in [3.63, 3.8) is 0 Å². The van der Waals surface area contributed by atoms with Crippen LogP contribution in [-0.2, 0) is 11.3 Å². The van der Waals surface area contributed by atoms with Gasteiger partial charge >= 0.3 is 5.97 Å². The average Bonchev–Trinajstić information content (AvgIpc) is 2.85. The Labute approximate surface area is 204 Å². The summed E-state index contributed by atoms with van der Waals surface area (Å²) in [5, 5.41) is 0. The third-order valence-electron chi connectivity index (χ3n) is 6.25. The molecular formula is C30H37NO3. The molecule has 3 rings (SSSR count). The maximum absolute atomic E-state index is 12.4. The fourth-order valence-electron chi connectivity index (χ4n) is 4.51. The molecule has 0 bridgehead atoms. The van der Waals surface area contributed by atoms with Gasteiger partial charge in [-0.25, -0.2) is 4.79 Å². The zero-order chi connectivity index (χ0) is 24.5. The van der Waals surface area contributed by atoms with Crippen molar-refractivity contribution in [1.29, 1.82) is 0 Å². The van der Waals surface area contributed by atoms with Crippen molar-refractivity contribution in [3.05, 3.63) is 101 Å². The van der Waals surface area contributed by atoms with Crippen LogP contribution in [0, 0.1) is 0 Å². The Morgan fingerprint density at radius 2 is 1.47 bits per heavy atom. The molecule has 4 heteroatoms. The van der Waals surface area contributed by atoms with Gasteiger partial charge < -0.3 is 9.47 Å². The van der Waals surface area contributed by atoms with E-state index >= 15 is 0 Å². The van der Waals surface area contributed by atoms with E-state index in [-0.39, 0.29) is 11.9 Å². The van der Waals surface area contributed by atoms with Gasteiger partial charge in [-0.1, -0.05) is 60.7 Å². The van der Waals surface area contributed by atoms with Gasteiger partial charge in [-0.3, -0.25) is 4.90 Å². The molecule has 180 valence electrons. The quantitative estimate of drug-likeness (QED) is 0.299. The molecule has 4 nitrogen and oxygen atoms in total. The second kappa shape index (κ2) is 12.4. The van der Waals surface area contributed by atoms with Crippen LogP contribution in [0.4, 0.5) is 0 Å². The first-order valence-corrected chi connectivity index (χ1v) is 12.1. The van der Waals surface area contributed by atoms with Crippen LogP contribution in [0.3, 0.4) is 0 Å². The van der Waals surface area contributed by atoms with E-state index in [2.05, 4.69) is 69.0 Å². The maximum atomic E-state index is 12.4. The van der Waals surface area contributed by atoms with Gasteiger partial charge in [-0.05, 0) is 70.0 Å². The number of methoxy groups -OCH3 is 1. The number of benzene rings is 3. The summed E-state index contributed by atoms with van der Waals surface area (Å²) >= 11 is 0. The van der Waals surface area contributed by atoms with Gasteiger partial charge in [0.15, 0.2) is 0 Å². The van der Waals surface area contributed by atoms with Crippen LogP contribution in [0.1, 0.15) is 67.1 Å². The SMILES string of the molecule is COC(=O)c1ccc(OCc2ccccc2)c([C@H](CCN(C(C)C)C(C)C)c2ccccc2)c1. The van der Waals surface area contributed by atoms with E-state index in [1.807, 2.05) is 36.4 Å². The van der Waals surface area contributed by atoms with E-state index in [1.165, 1.54) is 12.7 Å². The Morgan fingerprint density at radius 3 is 2.06 bits per heavy atom. The molecule has 0 saturated heterocycles. The number of carbonyl (C=O) groups excluding carboxylic acids is 1. The normalized spacial score (nSPS) is 12.2. The summed E-state index contributed by atoms with van der Waals surface area (Å²) in [6.45, 7) is 10.4. The van der Waals surface area contributed by atoms with Gasteiger partial charge in [0.25, 0.3) is 0 Å². The second-order valence-electron chi connectivity index (χ2n) is 9.20. The predicted molar refractivity (Wildman–Crippen MR) is 138 cm³/mol. The van der Waals surface area contributed by atoms with Crippen molar-refractivity contribution in [2.45, 2.75) is 58.7 Å². The highest BCUT2D eigenvalue weighted by Gasteiger charge is 2.23. The lowest BCUT2D eigenvalue weighted by Crippen LogP contribution is -2.38. The highest BCUT2D eigenvalue weighted by Crippen LogP contribution is 2.36. The van der Waals surface area contributed by atoms with Gasteiger partial charge in [0.1, 0.15) is 12.4 Å². The Morgan fingerprint density at radius 1 is 0.853 bits per heavy atom. The van der Waals surface area contributed by atoms with Gasteiger partial charge in [0.2, 0.25) is 0 Å². The Balaban J connectivity index is 2.01. The molecule has 0 aliphatic carbocycles. The van der Waals surface area contributed by atoms with E-state index in [4.69, 9.17) is 9.47 Å². The minimum Gasteiger partial charge on any atom is -0.489 e. The molecule has 0 heterocycles. The first kappa shape index (κ1) is 25.5. The molecule has 0 spiro atoms. The lowest BCUT2D eigenvalue weighted by molar-refractivity contribution is 0.0600. The largest absolute Gasteiger partial charge is 0.489 e. The fraction of sp³-hybridized carbons (Fsp3) is 0.367. The minimum atomic E-state index is -0.339. The zero-order valence-corrected chi connectivity index (χ0v) is 21.0. The summed E-state index contributed by atoms with van der Waals surface area (Å²) in [5.74, 6) is 0.538. The van der Waals surface area contributed by atoms with Crippen molar-refractivity contribution in [1.82, 2.24) is 4.90 Å². The monoisotopic (exact) mass is 459 g/mol. The Kier molecular flexibility index (Phi) is 9.29. The third-order valence-corrected chi connectivity index (χ3v) is 6.25. The maximum Gasteiger partial charge on any atom is 0.337 e. The molecule has 0 aliphatic rings. The van der Waals surface area contributed by atoms with Crippen molar-refractivity contribution >= 4 is 5.97 Å². The van der Waals surface area contributed by atoms with Crippen molar-refractivity contribution in [2.24, 2.45) is 0 Å². The molecule has 0 unspecified atom stereocenters. The van der Waals surface area contributed by atoms with E-state index in [9.17, 15) is 4.79 Å². The van der Waals surface area contributed by atoms with Crippen molar-refractivity contribution in [2.75, 3.05) is 13.7 Å². The lowest BCUT2D eigenvalue weighted by Gasteiger charge is -2.32. The number of carbonyl (C=O) groups is 1. The predicted octanol–water partition coefficient (Wildman–Crippen LogP) is 6.69. The first-order valence-electron chi connectivity index (χ1n) is 12.1. The van der Waals surface area contributed by atoms with Crippen LogP contribution in [0.15, 0.2) is 78.9 Å². The number of hydrogen-bond donors (Lipinski definition) is 0. The number of ether oxygens (including phenoxy) is 2. The summed E-state index contributed by atoms with van der Waals surface area (Å²) in [5.41, 5.74) is 3.86. The molecule has 0 aromatic heterocycles. The average molecular weight is 460 g/mol. The van der Waals surface area contributed by atoms with E-state index in [0.717, 1.165) is 29.8 Å². The van der Waals surface area contributed by atoms with Crippen molar-refractivity contribution in [3.8, 4) is 5.75 Å². The van der Waals surface area contributed by atoms with Crippen molar-refractivity contribution < 1.29 is 14.3 Å². The van der Waals surface area contributed by atoms with Gasteiger partial charge in [-0.15, -0.1) is 0 Å². The summed E-state index contributed by atoms with van der Waals surface area (Å²) in [6.07, 6.45) is 0.909. The lowest BCUT2D eigenvalue weighted by atomic mass is 9.86. The molecule has 1 atom stereocenters. The summed E-state index contributed by atoms with van der Waals surface area (Å²) in [7, 11) is 1.42. The third kappa shape index (κ3) is 6.71. The summed E-state index contributed by atoms with van der Waals surface area (Å²) in [4.78, 5) is 14.9. The highest BCUT2D eigenvalue weighted by atomic mass is 16.5. The van der Waals surface area contributed by atoms with E-state index < -0.39 is 0 Å². The van der Waals surface area contributed by atoms with E-state index in [0.29, 0.717) is 24.3 Å². The summed E-state index contributed by atoms with van der Waals surface area (Å²) < 4.78 is 11.3. The molecule has 0 N–H and O–H groups in total. The molecule has 0 saturated carbocycles. The van der Waals surface area contributed by atoms with Crippen LogP contribution >= 0.6 is 0 Å². The number of esters is 1. The van der Waals surface area contributed by atoms with Crippen LogP contribution < -0.4 is 4.74 Å². The standard InChI is InChI=1S/C30H37NO3/c1-22(2)31(23(3)4)19-18-27(25-14-10-7-11-15-25)28-20-26(30(32)33-5)16-17-29(28)34-21-24-12-8-6-9-13-24/h6-17,20,22-23,27H,18-19,21H2,1-5H3/t27-/m1/s1. The molecule has 0 fully saturated rings. The fourth-order valence-corrected chi connectivity index (χ4v) is 4.51. The molecule has 3 aromatic rings. The summed E-state index contributed by atoms with van der Waals surface area (Å²) in [6, 6.07) is 27.2. The van der Waals surface area contributed by atoms with E-state index in [1.54, 1.807) is 6.07 Å². The minimum absolute atomic E-state index is 0.0802. The van der Waals surface area contributed by atoms with Crippen LogP contribution in [-0.4, -0.2) is 36.6 Å². The molecule has 3 aromatic carbocycles. The van der Waals surface area contributed by atoms with Crippen LogP contribution in [0.25, 0.3) is 0 Å². The topological polar surface area (TPSA) is 38.8 Å². The molecular weight excluding hydrogens is 422 g/mol. The Hall–Kier alpha value is -3.11. The number of rotatable bonds is 11. The first-order chi connectivity index (χ1) is 16.4. The van der Waals surface area contributed by atoms with Gasteiger partial charge in [0, 0.05) is 23.6 Å². The molecule has 0 aliphatic heterocycles. The smallest absolute Gasteiger partial charge is 0.337 e. The molecule has 0 radical (unpaired) electrons. The second-order valence-corrected chi connectivity index (χ2v) is 9.20. The van der Waals surface area contributed by atoms with Gasteiger partial charge in [-0.2, -0.15) is 0 Å². The molecule has 0 amide bonds. The van der Waals surface area contributed by atoms with Crippen LogP contribution in [0.2, 0.25) is 0 Å². The molecule has 34 heavy (non-hydrogen) atoms. The number of nitrogens with zero attached hydrogens (tertiary/aromatic N) is 1.